The first-order chi connectivity index (χ1) is 8.19. The van der Waals surface area contributed by atoms with Gasteiger partial charge in [0.2, 0.25) is 0 Å². The van der Waals surface area contributed by atoms with Crippen LogP contribution in [0.4, 0.5) is 5.69 Å². The lowest BCUT2D eigenvalue weighted by atomic mass is 10.1. The van der Waals surface area contributed by atoms with E-state index in [2.05, 4.69) is 24.1 Å². The summed E-state index contributed by atoms with van der Waals surface area (Å²) in [7, 11) is 0. The van der Waals surface area contributed by atoms with Gasteiger partial charge in [-0.1, -0.05) is 19.8 Å². The molecule has 0 fully saturated rings. The number of unbranched alkanes of at least 4 members (excludes halogenated alkanes) is 1. The Balaban J connectivity index is 2.10. The summed E-state index contributed by atoms with van der Waals surface area (Å²) < 4.78 is 4.95. The molecule has 2 aromatic rings. The first kappa shape index (κ1) is 11.8. The van der Waals surface area contributed by atoms with Crippen LogP contribution >= 0.6 is 0 Å². The first-order valence-electron chi connectivity index (χ1n) is 6.08. The molecule has 0 aliphatic rings. The third kappa shape index (κ3) is 2.90. The molecule has 0 amide bonds. The number of aromatic nitrogens is 1. The second kappa shape index (κ2) is 5.08. The van der Waals surface area contributed by atoms with Gasteiger partial charge in [-0.05, 0) is 31.5 Å². The van der Waals surface area contributed by atoms with Gasteiger partial charge in [0, 0.05) is 11.7 Å². The van der Waals surface area contributed by atoms with Crippen LogP contribution in [0.5, 0.6) is 0 Å². The van der Waals surface area contributed by atoms with Gasteiger partial charge in [-0.2, -0.15) is 0 Å². The van der Waals surface area contributed by atoms with Crippen LogP contribution in [0, 0.1) is 0 Å². The number of rotatable bonds is 5. The molecule has 0 bridgehead atoms. The predicted molar refractivity (Wildman–Crippen MR) is 69.4 cm³/mol. The Hall–Kier alpha value is -1.71. The van der Waals surface area contributed by atoms with Crippen LogP contribution in [0.25, 0.3) is 11.1 Å². The van der Waals surface area contributed by atoms with Gasteiger partial charge in [0.1, 0.15) is 0 Å². The van der Waals surface area contributed by atoms with Crippen LogP contribution in [-0.4, -0.2) is 11.0 Å². The van der Waals surface area contributed by atoms with Crippen molar-refractivity contribution in [1.82, 2.24) is 4.98 Å². The number of hydrogen-bond donors (Lipinski definition) is 2. The molecule has 2 N–H and O–H groups in total. The Labute approximate surface area is 100 Å². The fourth-order valence-corrected chi connectivity index (χ4v) is 1.91. The van der Waals surface area contributed by atoms with Gasteiger partial charge in [0.15, 0.2) is 5.58 Å². The lowest BCUT2D eigenvalue weighted by Gasteiger charge is -2.14. The van der Waals surface area contributed by atoms with E-state index >= 15 is 0 Å². The van der Waals surface area contributed by atoms with Crippen molar-refractivity contribution in [3.05, 3.63) is 28.7 Å². The number of nitrogens with one attached hydrogen (secondary N) is 2. The van der Waals surface area contributed by atoms with Crippen LogP contribution in [0.2, 0.25) is 0 Å². The molecule has 0 spiro atoms. The maximum Gasteiger partial charge on any atom is 0.417 e. The van der Waals surface area contributed by atoms with Gasteiger partial charge in [-0.15, -0.1) is 0 Å². The van der Waals surface area contributed by atoms with E-state index in [0.29, 0.717) is 11.6 Å². The number of aromatic amines is 1. The van der Waals surface area contributed by atoms with Crippen molar-refractivity contribution in [3.8, 4) is 0 Å². The van der Waals surface area contributed by atoms with Crippen molar-refractivity contribution in [2.75, 3.05) is 5.32 Å². The molecule has 17 heavy (non-hydrogen) atoms. The molecular weight excluding hydrogens is 216 g/mol. The zero-order valence-electron chi connectivity index (χ0n) is 10.2. The van der Waals surface area contributed by atoms with E-state index in [1.807, 2.05) is 18.2 Å². The molecule has 0 saturated heterocycles. The summed E-state index contributed by atoms with van der Waals surface area (Å²) in [5.74, 6) is -0.406. The fraction of sp³-hybridized carbons (Fsp3) is 0.462. The third-order valence-corrected chi connectivity index (χ3v) is 2.82. The van der Waals surface area contributed by atoms with Crippen LogP contribution in [-0.2, 0) is 0 Å². The SMILES string of the molecule is CCCCC(C)Nc1ccc2oc(=O)[nH]c2c1. The molecule has 0 saturated carbocycles. The molecule has 0 aliphatic carbocycles. The molecule has 0 aliphatic heterocycles. The predicted octanol–water partition coefficient (Wildman–Crippen LogP) is 3.11. The Morgan fingerprint density at radius 2 is 2.29 bits per heavy atom. The van der Waals surface area contributed by atoms with E-state index in [4.69, 9.17) is 4.42 Å². The summed E-state index contributed by atoms with van der Waals surface area (Å²) in [6, 6.07) is 6.08. The van der Waals surface area contributed by atoms with E-state index in [1.165, 1.54) is 12.8 Å². The maximum atomic E-state index is 11.0. The molecule has 1 heterocycles. The van der Waals surface area contributed by atoms with Crippen molar-refractivity contribution >= 4 is 16.8 Å². The molecule has 1 aromatic carbocycles. The van der Waals surface area contributed by atoms with E-state index in [0.717, 1.165) is 17.6 Å². The molecule has 0 radical (unpaired) electrons. The van der Waals surface area contributed by atoms with E-state index in [9.17, 15) is 4.79 Å². The van der Waals surface area contributed by atoms with E-state index < -0.39 is 5.76 Å². The average Bonchev–Trinajstić information content (AvgIpc) is 2.65. The molecule has 1 aromatic heterocycles. The van der Waals surface area contributed by atoms with Gasteiger partial charge < -0.3 is 9.73 Å². The van der Waals surface area contributed by atoms with Gasteiger partial charge in [0.25, 0.3) is 0 Å². The molecule has 2 rings (SSSR count). The quantitative estimate of drug-likeness (QED) is 0.835. The van der Waals surface area contributed by atoms with Crippen molar-refractivity contribution in [2.45, 2.75) is 39.2 Å². The summed E-state index contributed by atoms with van der Waals surface area (Å²) in [5, 5.41) is 3.41. The van der Waals surface area contributed by atoms with Gasteiger partial charge >= 0.3 is 5.76 Å². The molecular formula is C13H18N2O2. The van der Waals surface area contributed by atoms with Gasteiger partial charge in [-0.3, -0.25) is 4.98 Å². The summed E-state index contributed by atoms with van der Waals surface area (Å²) in [6.07, 6.45) is 3.58. The highest BCUT2D eigenvalue weighted by molar-refractivity contribution is 5.76. The van der Waals surface area contributed by atoms with E-state index in [1.54, 1.807) is 0 Å². The lowest BCUT2D eigenvalue weighted by molar-refractivity contribution is 0.555. The fourth-order valence-electron chi connectivity index (χ4n) is 1.91. The van der Waals surface area contributed by atoms with Gasteiger partial charge in [0.05, 0.1) is 5.52 Å². The van der Waals surface area contributed by atoms with E-state index in [-0.39, 0.29) is 0 Å². The largest absolute Gasteiger partial charge is 0.417 e. The Kier molecular flexibility index (Phi) is 3.52. The molecule has 92 valence electrons. The second-order valence-electron chi connectivity index (χ2n) is 4.41. The third-order valence-electron chi connectivity index (χ3n) is 2.82. The number of H-pyrrole nitrogens is 1. The normalized spacial score (nSPS) is 12.8. The Bertz CT molecular complexity index is 542. The van der Waals surface area contributed by atoms with Crippen molar-refractivity contribution < 1.29 is 4.42 Å². The number of oxazole rings is 1. The summed E-state index contributed by atoms with van der Waals surface area (Å²) in [4.78, 5) is 13.7. The number of hydrogen-bond acceptors (Lipinski definition) is 3. The van der Waals surface area contributed by atoms with Crippen LogP contribution in [0.1, 0.15) is 33.1 Å². The van der Waals surface area contributed by atoms with Crippen molar-refractivity contribution in [3.63, 3.8) is 0 Å². The number of anilines is 1. The summed E-state index contributed by atoms with van der Waals surface area (Å²) in [5.41, 5.74) is 2.35. The van der Waals surface area contributed by atoms with Crippen LogP contribution < -0.4 is 11.1 Å². The maximum absolute atomic E-state index is 11.0. The summed E-state index contributed by atoms with van der Waals surface area (Å²) in [6.45, 7) is 4.35. The minimum atomic E-state index is -0.406. The molecule has 1 atom stereocenters. The molecule has 4 nitrogen and oxygen atoms in total. The highest BCUT2D eigenvalue weighted by Gasteiger charge is 2.04. The Morgan fingerprint density at radius 1 is 1.47 bits per heavy atom. The monoisotopic (exact) mass is 234 g/mol. The Morgan fingerprint density at radius 3 is 3.06 bits per heavy atom. The zero-order chi connectivity index (χ0) is 12.3. The first-order valence-corrected chi connectivity index (χ1v) is 6.08. The number of fused-ring (bicyclic) bond motifs is 1. The lowest BCUT2D eigenvalue weighted by Crippen LogP contribution is -2.14. The zero-order valence-corrected chi connectivity index (χ0v) is 10.2. The van der Waals surface area contributed by atoms with Gasteiger partial charge in [-0.25, -0.2) is 4.79 Å². The minimum Gasteiger partial charge on any atom is -0.408 e. The highest BCUT2D eigenvalue weighted by atomic mass is 16.4. The topological polar surface area (TPSA) is 58.0 Å². The summed E-state index contributed by atoms with van der Waals surface area (Å²) >= 11 is 0. The average molecular weight is 234 g/mol. The van der Waals surface area contributed by atoms with Crippen molar-refractivity contribution in [1.29, 1.82) is 0 Å². The highest BCUT2D eigenvalue weighted by Crippen LogP contribution is 2.17. The smallest absolute Gasteiger partial charge is 0.408 e. The molecule has 1 unspecified atom stereocenters. The number of benzene rings is 1. The minimum absolute atomic E-state index is 0.406. The molecule has 4 heteroatoms. The standard InChI is InChI=1S/C13H18N2O2/c1-3-4-5-9(2)14-10-6-7-12-11(8-10)15-13(16)17-12/h6-9,14H,3-5H2,1-2H3,(H,15,16). The van der Waals surface area contributed by atoms with Crippen LogP contribution in [0.3, 0.4) is 0 Å². The van der Waals surface area contributed by atoms with Crippen molar-refractivity contribution in [2.24, 2.45) is 0 Å². The second-order valence-corrected chi connectivity index (χ2v) is 4.41. The van der Waals surface area contributed by atoms with Crippen LogP contribution in [0.15, 0.2) is 27.4 Å².